The average Bonchev–Trinajstić information content (AvgIpc) is 2.21. The van der Waals surface area contributed by atoms with Crippen molar-refractivity contribution in [3.8, 4) is 0 Å². The van der Waals surface area contributed by atoms with Gasteiger partial charge < -0.3 is 10.8 Å². The first-order valence-corrected chi connectivity index (χ1v) is 5.20. The molecule has 0 radical (unpaired) electrons. The van der Waals surface area contributed by atoms with E-state index in [-0.39, 0.29) is 5.92 Å². The van der Waals surface area contributed by atoms with E-state index >= 15 is 0 Å². The fourth-order valence-electron chi connectivity index (χ4n) is 1.69. The molecule has 3 nitrogen and oxygen atoms in total. The normalized spacial score (nSPS) is 19.9. The summed E-state index contributed by atoms with van der Waals surface area (Å²) in [7, 11) is 0. The fraction of sp³-hybridized carbons (Fsp3) is 0.900. The molecular formula is C10H21NO2. The van der Waals surface area contributed by atoms with Gasteiger partial charge in [0.2, 0.25) is 0 Å². The number of carbonyl (C=O) groups is 1. The Morgan fingerprint density at radius 2 is 1.77 bits per heavy atom. The van der Waals surface area contributed by atoms with E-state index in [4.69, 9.17) is 10.8 Å². The summed E-state index contributed by atoms with van der Waals surface area (Å²) in [5.74, 6) is -0.627. The van der Waals surface area contributed by atoms with Gasteiger partial charge in [0.1, 0.15) is 6.04 Å². The Morgan fingerprint density at radius 1 is 1.31 bits per heavy atom. The summed E-state index contributed by atoms with van der Waals surface area (Å²) in [5.41, 5.74) is 5.49. The van der Waals surface area contributed by atoms with Crippen LogP contribution >= 0.6 is 0 Å². The van der Waals surface area contributed by atoms with Crippen molar-refractivity contribution >= 4 is 5.97 Å². The lowest BCUT2D eigenvalue weighted by Crippen LogP contribution is -2.38. The number of hydrogen-bond acceptors (Lipinski definition) is 2. The van der Waals surface area contributed by atoms with Gasteiger partial charge in [-0.15, -0.1) is 0 Å². The Kier molecular flexibility index (Phi) is 6.59. The highest BCUT2D eigenvalue weighted by Gasteiger charge is 2.25. The first-order valence-electron chi connectivity index (χ1n) is 5.20. The van der Waals surface area contributed by atoms with E-state index < -0.39 is 12.0 Å². The van der Waals surface area contributed by atoms with Crippen LogP contribution in [0.3, 0.4) is 0 Å². The molecule has 78 valence electrons. The van der Waals surface area contributed by atoms with Crippen LogP contribution in [0.25, 0.3) is 0 Å². The van der Waals surface area contributed by atoms with Crippen molar-refractivity contribution in [2.24, 2.45) is 11.7 Å². The molecule has 1 aliphatic rings. The molecule has 1 rings (SSSR count). The number of nitrogens with two attached hydrogens (primary N) is 1. The summed E-state index contributed by atoms with van der Waals surface area (Å²) in [5, 5.41) is 8.61. The molecular weight excluding hydrogens is 166 g/mol. The molecule has 1 fully saturated rings. The van der Waals surface area contributed by atoms with E-state index in [1.165, 1.54) is 6.42 Å². The SMILES string of the molecule is CC.N[C@H](C(=O)O)C1CCCCC1. The molecule has 0 spiro atoms. The predicted octanol–water partition coefficient (Wildman–Crippen LogP) is 2.00. The zero-order valence-electron chi connectivity index (χ0n) is 8.62. The second-order valence-corrected chi connectivity index (χ2v) is 3.26. The molecule has 1 atom stereocenters. The molecule has 1 aliphatic carbocycles. The largest absolute Gasteiger partial charge is 0.480 e. The van der Waals surface area contributed by atoms with Gasteiger partial charge in [-0.25, -0.2) is 0 Å². The zero-order chi connectivity index (χ0) is 10.3. The molecule has 0 aromatic carbocycles. The Bertz CT molecular complexity index is 142. The van der Waals surface area contributed by atoms with Crippen LogP contribution < -0.4 is 5.73 Å². The van der Waals surface area contributed by atoms with Crippen LogP contribution in [0.5, 0.6) is 0 Å². The Balaban J connectivity index is 0.000000671. The number of aliphatic carboxylic acids is 1. The Morgan fingerprint density at radius 3 is 2.15 bits per heavy atom. The summed E-state index contributed by atoms with van der Waals surface area (Å²) in [6.45, 7) is 4.00. The van der Waals surface area contributed by atoms with E-state index in [0.29, 0.717) is 0 Å². The number of carboxylic acid groups (broad SMARTS) is 1. The minimum absolute atomic E-state index is 0.223. The highest BCUT2D eigenvalue weighted by molar-refractivity contribution is 5.73. The average molecular weight is 187 g/mol. The predicted molar refractivity (Wildman–Crippen MR) is 53.5 cm³/mol. The van der Waals surface area contributed by atoms with Gasteiger partial charge in [0.25, 0.3) is 0 Å². The van der Waals surface area contributed by atoms with E-state index in [1.54, 1.807) is 0 Å². The number of carboxylic acids is 1. The minimum atomic E-state index is -0.850. The second kappa shape index (κ2) is 6.89. The maximum absolute atomic E-state index is 10.5. The smallest absolute Gasteiger partial charge is 0.320 e. The van der Waals surface area contributed by atoms with Crippen molar-refractivity contribution in [1.29, 1.82) is 0 Å². The molecule has 3 N–H and O–H groups in total. The molecule has 0 amide bonds. The molecule has 0 aromatic rings. The standard InChI is InChI=1S/C8H15NO2.C2H6/c9-7(8(10)11)6-4-2-1-3-5-6;1-2/h6-7H,1-5,9H2,(H,10,11);1-2H3/t7-;/m0./s1. The lowest BCUT2D eigenvalue weighted by atomic mass is 9.84. The minimum Gasteiger partial charge on any atom is -0.480 e. The van der Waals surface area contributed by atoms with Gasteiger partial charge in [-0.1, -0.05) is 33.1 Å². The lowest BCUT2D eigenvalue weighted by Gasteiger charge is -2.24. The second-order valence-electron chi connectivity index (χ2n) is 3.26. The molecule has 0 aliphatic heterocycles. The number of hydrogen-bond donors (Lipinski definition) is 2. The Hall–Kier alpha value is -0.570. The third-order valence-electron chi connectivity index (χ3n) is 2.44. The third kappa shape index (κ3) is 4.27. The molecule has 0 bridgehead atoms. The summed E-state index contributed by atoms with van der Waals surface area (Å²) >= 11 is 0. The van der Waals surface area contributed by atoms with Gasteiger partial charge in [0.15, 0.2) is 0 Å². The quantitative estimate of drug-likeness (QED) is 0.695. The summed E-state index contributed by atoms with van der Waals surface area (Å²) in [4.78, 5) is 10.5. The zero-order valence-corrected chi connectivity index (χ0v) is 8.62. The van der Waals surface area contributed by atoms with Crippen LogP contribution in [0.1, 0.15) is 46.0 Å². The van der Waals surface area contributed by atoms with Crippen LogP contribution in [-0.4, -0.2) is 17.1 Å². The molecule has 0 saturated heterocycles. The van der Waals surface area contributed by atoms with Crippen molar-refractivity contribution in [2.75, 3.05) is 0 Å². The fourth-order valence-corrected chi connectivity index (χ4v) is 1.69. The third-order valence-corrected chi connectivity index (χ3v) is 2.44. The van der Waals surface area contributed by atoms with Crippen molar-refractivity contribution in [2.45, 2.75) is 52.0 Å². The molecule has 0 heterocycles. The number of rotatable bonds is 2. The van der Waals surface area contributed by atoms with Gasteiger partial charge >= 0.3 is 5.97 Å². The van der Waals surface area contributed by atoms with Crippen LogP contribution in [0.15, 0.2) is 0 Å². The first-order chi connectivity index (χ1) is 6.22. The maximum atomic E-state index is 10.5. The van der Waals surface area contributed by atoms with Crippen LogP contribution in [0.4, 0.5) is 0 Å². The van der Waals surface area contributed by atoms with Gasteiger partial charge in [0, 0.05) is 0 Å². The van der Waals surface area contributed by atoms with Crippen LogP contribution in [0, 0.1) is 5.92 Å². The molecule has 0 aromatic heterocycles. The molecule has 1 saturated carbocycles. The van der Waals surface area contributed by atoms with E-state index in [9.17, 15) is 4.79 Å². The summed E-state index contributed by atoms with van der Waals surface area (Å²) in [6.07, 6.45) is 5.51. The summed E-state index contributed by atoms with van der Waals surface area (Å²) in [6, 6.07) is -0.629. The van der Waals surface area contributed by atoms with E-state index in [1.807, 2.05) is 13.8 Å². The van der Waals surface area contributed by atoms with E-state index in [2.05, 4.69) is 0 Å². The lowest BCUT2D eigenvalue weighted by molar-refractivity contribution is -0.140. The van der Waals surface area contributed by atoms with Gasteiger partial charge in [-0.3, -0.25) is 4.79 Å². The Labute approximate surface area is 80.3 Å². The van der Waals surface area contributed by atoms with Crippen molar-refractivity contribution in [3.05, 3.63) is 0 Å². The maximum Gasteiger partial charge on any atom is 0.320 e. The van der Waals surface area contributed by atoms with Crippen LogP contribution in [-0.2, 0) is 4.79 Å². The van der Waals surface area contributed by atoms with Gasteiger partial charge in [-0.05, 0) is 18.8 Å². The first kappa shape index (κ1) is 12.4. The van der Waals surface area contributed by atoms with Gasteiger partial charge in [0.05, 0.1) is 0 Å². The van der Waals surface area contributed by atoms with Crippen LogP contribution in [0.2, 0.25) is 0 Å². The van der Waals surface area contributed by atoms with Crippen molar-refractivity contribution in [3.63, 3.8) is 0 Å². The highest BCUT2D eigenvalue weighted by atomic mass is 16.4. The molecule has 3 heteroatoms. The van der Waals surface area contributed by atoms with Crippen molar-refractivity contribution in [1.82, 2.24) is 0 Å². The molecule has 0 unspecified atom stereocenters. The monoisotopic (exact) mass is 187 g/mol. The topological polar surface area (TPSA) is 63.3 Å². The summed E-state index contributed by atoms with van der Waals surface area (Å²) < 4.78 is 0. The van der Waals surface area contributed by atoms with Gasteiger partial charge in [-0.2, -0.15) is 0 Å². The highest BCUT2D eigenvalue weighted by Crippen LogP contribution is 2.25. The molecule has 13 heavy (non-hydrogen) atoms. The van der Waals surface area contributed by atoms with Crippen molar-refractivity contribution < 1.29 is 9.90 Å². The van der Waals surface area contributed by atoms with E-state index in [0.717, 1.165) is 25.7 Å².